The number of aryl methyl sites for hydroxylation is 1. The molecule has 0 saturated carbocycles. The average molecular weight is 257 g/mol. The highest BCUT2D eigenvalue weighted by Crippen LogP contribution is 2.30. The van der Waals surface area contributed by atoms with Crippen LogP contribution in [0.25, 0.3) is 11.1 Å². The van der Waals surface area contributed by atoms with Crippen molar-refractivity contribution in [2.75, 3.05) is 26.1 Å². The molecule has 3 heteroatoms. The molecule has 2 aromatic carbocycles. The molecule has 0 saturated heterocycles. The summed E-state index contributed by atoms with van der Waals surface area (Å²) in [7, 11) is 1.65. The fourth-order valence-corrected chi connectivity index (χ4v) is 1.98. The molecule has 0 aliphatic rings. The SMILES string of the molecule is COCCOc1ccc(-c2ccccc2C)cc1N. The predicted octanol–water partition coefficient (Wildman–Crippen LogP) is 3.27. The number of rotatable bonds is 5. The van der Waals surface area contributed by atoms with E-state index in [1.54, 1.807) is 7.11 Å². The smallest absolute Gasteiger partial charge is 0.142 e. The van der Waals surface area contributed by atoms with Gasteiger partial charge in [-0.25, -0.2) is 0 Å². The van der Waals surface area contributed by atoms with Crippen molar-refractivity contribution >= 4 is 5.69 Å². The lowest BCUT2D eigenvalue weighted by molar-refractivity contribution is 0.147. The molecule has 0 spiro atoms. The van der Waals surface area contributed by atoms with Gasteiger partial charge in [-0.2, -0.15) is 0 Å². The van der Waals surface area contributed by atoms with E-state index in [0.717, 1.165) is 5.56 Å². The predicted molar refractivity (Wildman–Crippen MR) is 78.4 cm³/mol. The van der Waals surface area contributed by atoms with Crippen LogP contribution >= 0.6 is 0 Å². The minimum atomic E-state index is 0.504. The molecule has 0 aliphatic carbocycles. The second-order valence-electron chi connectivity index (χ2n) is 4.41. The monoisotopic (exact) mass is 257 g/mol. The zero-order chi connectivity index (χ0) is 13.7. The Balaban J connectivity index is 2.21. The van der Waals surface area contributed by atoms with Crippen LogP contribution in [0.1, 0.15) is 5.56 Å². The van der Waals surface area contributed by atoms with Crippen molar-refractivity contribution in [3.8, 4) is 16.9 Å². The first-order chi connectivity index (χ1) is 9.22. The van der Waals surface area contributed by atoms with Crippen LogP contribution in [-0.2, 0) is 4.74 Å². The summed E-state index contributed by atoms with van der Waals surface area (Å²) < 4.78 is 10.5. The quantitative estimate of drug-likeness (QED) is 0.660. The van der Waals surface area contributed by atoms with E-state index < -0.39 is 0 Å². The van der Waals surface area contributed by atoms with Gasteiger partial charge in [-0.15, -0.1) is 0 Å². The number of nitrogen functional groups attached to an aromatic ring is 1. The van der Waals surface area contributed by atoms with Crippen molar-refractivity contribution in [2.24, 2.45) is 0 Å². The molecule has 2 N–H and O–H groups in total. The zero-order valence-electron chi connectivity index (χ0n) is 11.3. The van der Waals surface area contributed by atoms with Crippen molar-refractivity contribution < 1.29 is 9.47 Å². The maximum atomic E-state index is 6.03. The van der Waals surface area contributed by atoms with Gasteiger partial charge in [0.2, 0.25) is 0 Å². The molecular weight excluding hydrogens is 238 g/mol. The molecule has 0 amide bonds. The molecule has 100 valence electrons. The van der Waals surface area contributed by atoms with Gasteiger partial charge >= 0.3 is 0 Å². The highest BCUT2D eigenvalue weighted by atomic mass is 16.5. The molecule has 0 unspecified atom stereocenters. The van der Waals surface area contributed by atoms with E-state index in [-0.39, 0.29) is 0 Å². The van der Waals surface area contributed by atoms with Gasteiger partial charge in [0.25, 0.3) is 0 Å². The van der Waals surface area contributed by atoms with E-state index in [2.05, 4.69) is 19.1 Å². The van der Waals surface area contributed by atoms with Gasteiger partial charge in [-0.1, -0.05) is 30.3 Å². The molecule has 0 atom stereocenters. The second kappa shape index (κ2) is 6.25. The Kier molecular flexibility index (Phi) is 4.42. The average Bonchev–Trinajstić information content (AvgIpc) is 2.41. The molecule has 2 rings (SSSR count). The molecule has 0 heterocycles. The Morgan fingerprint density at radius 2 is 1.84 bits per heavy atom. The van der Waals surface area contributed by atoms with Gasteiger partial charge in [0.1, 0.15) is 12.4 Å². The van der Waals surface area contributed by atoms with Crippen molar-refractivity contribution in [3.05, 3.63) is 48.0 Å². The van der Waals surface area contributed by atoms with Gasteiger partial charge < -0.3 is 15.2 Å². The van der Waals surface area contributed by atoms with Gasteiger partial charge in [0, 0.05) is 7.11 Å². The molecular formula is C16H19NO2. The number of methoxy groups -OCH3 is 1. The van der Waals surface area contributed by atoms with Crippen LogP contribution in [0.3, 0.4) is 0 Å². The number of anilines is 1. The van der Waals surface area contributed by atoms with E-state index in [9.17, 15) is 0 Å². The highest BCUT2D eigenvalue weighted by Gasteiger charge is 2.05. The Bertz CT molecular complexity index is 552. The lowest BCUT2D eigenvalue weighted by Crippen LogP contribution is -2.05. The molecule has 3 nitrogen and oxygen atoms in total. The van der Waals surface area contributed by atoms with E-state index in [4.69, 9.17) is 15.2 Å². The van der Waals surface area contributed by atoms with E-state index in [0.29, 0.717) is 24.7 Å². The summed E-state index contributed by atoms with van der Waals surface area (Å²) in [5.41, 5.74) is 10.2. The van der Waals surface area contributed by atoms with Crippen LogP contribution in [0.15, 0.2) is 42.5 Å². The minimum absolute atomic E-state index is 0.504. The van der Waals surface area contributed by atoms with E-state index >= 15 is 0 Å². The first kappa shape index (κ1) is 13.4. The molecule has 19 heavy (non-hydrogen) atoms. The first-order valence-electron chi connectivity index (χ1n) is 6.29. The highest BCUT2D eigenvalue weighted by molar-refractivity contribution is 5.72. The first-order valence-corrected chi connectivity index (χ1v) is 6.29. The molecule has 0 aliphatic heterocycles. The third kappa shape index (κ3) is 3.26. The number of benzene rings is 2. The Labute approximate surface area is 114 Å². The fourth-order valence-electron chi connectivity index (χ4n) is 1.98. The summed E-state index contributed by atoms with van der Waals surface area (Å²) in [6, 6.07) is 14.1. The lowest BCUT2D eigenvalue weighted by Gasteiger charge is -2.11. The molecule has 2 aromatic rings. The van der Waals surface area contributed by atoms with Crippen molar-refractivity contribution in [2.45, 2.75) is 6.92 Å². The number of nitrogens with two attached hydrogens (primary N) is 1. The van der Waals surface area contributed by atoms with Gasteiger partial charge in [-0.3, -0.25) is 0 Å². The third-order valence-corrected chi connectivity index (χ3v) is 3.01. The van der Waals surface area contributed by atoms with Crippen LogP contribution in [0.2, 0.25) is 0 Å². The van der Waals surface area contributed by atoms with Crippen molar-refractivity contribution in [3.63, 3.8) is 0 Å². The Morgan fingerprint density at radius 1 is 1.05 bits per heavy atom. The molecule has 0 fully saturated rings. The van der Waals surface area contributed by atoms with Gasteiger partial charge in [0.15, 0.2) is 0 Å². The third-order valence-electron chi connectivity index (χ3n) is 3.01. The van der Waals surface area contributed by atoms with Crippen LogP contribution < -0.4 is 10.5 Å². The number of hydrogen-bond acceptors (Lipinski definition) is 3. The van der Waals surface area contributed by atoms with Crippen LogP contribution in [0.4, 0.5) is 5.69 Å². The summed E-state index contributed by atoms with van der Waals surface area (Å²) in [5.74, 6) is 0.703. The summed E-state index contributed by atoms with van der Waals surface area (Å²) >= 11 is 0. The summed E-state index contributed by atoms with van der Waals surface area (Å²) in [5, 5.41) is 0. The van der Waals surface area contributed by atoms with Gasteiger partial charge in [-0.05, 0) is 35.7 Å². The van der Waals surface area contributed by atoms with Crippen LogP contribution in [-0.4, -0.2) is 20.3 Å². The van der Waals surface area contributed by atoms with Crippen LogP contribution in [0.5, 0.6) is 5.75 Å². The zero-order valence-corrected chi connectivity index (χ0v) is 11.3. The molecule has 0 bridgehead atoms. The summed E-state index contributed by atoms with van der Waals surface area (Å²) in [6.07, 6.45) is 0. The van der Waals surface area contributed by atoms with E-state index in [1.807, 2.05) is 30.3 Å². The fraction of sp³-hybridized carbons (Fsp3) is 0.250. The van der Waals surface area contributed by atoms with Gasteiger partial charge in [0.05, 0.1) is 12.3 Å². The lowest BCUT2D eigenvalue weighted by atomic mass is 10.0. The van der Waals surface area contributed by atoms with Crippen molar-refractivity contribution in [1.82, 2.24) is 0 Å². The minimum Gasteiger partial charge on any atom is -0.489 e. The van der Waals surface area contributed by atoms with Crippen molar-refractivity contribution in [1.29, 1.82) is 0 Å². The number of hydrogen-bond donors (Lipinski definition) is 1. The topological polar surface area (TPSA) is 44.5 Å². The molecule has 0 aromatic heterocycles. The Morgan fingerprint density at radius 3 is 2.53 bits per heavy atom. The summed E-state index contributed by atoms with van der Waals surface area (Å²) in [4.78, 5) is 0. The maximum absolute atomic E-state index is 6.03. The second-order valence-corrected chi connectivity index (χ2v) is 4.41. The van der Waals surface area contributed by atoms with E-state index in [1.165, 1.54) is 11.1 Å². The standard InChI is InChI=1S/C16H19NO2/c1-12-5-3-4-6-14(12)13-7-8-16(15(17)11-13)19-10-9-18-2/h3-8,11H,9-10,17H2,1-2H3. The maximum Gasteiger partial charge on any atom is 0.142 e. The van der Waals surface area contributed by atoms with Crippen LogP contribution in [0, 0.1) is 6.92 Å². The normalized spacial score (nSPS) is 10.4. The molecule has 0 radical (unpaired) electrons. The number of ether oxygens (including phenoxy) is 2. The largest absolute Gasteiger partial charge is 0.489 e. The summed E-state index contributed by atoms with van der Waals surface area (Å²) in [6.45, 7) is 3.15. The Hall–Kier alpha value is -2.00.